The van der Waals surface area contributed by atoms with Crippen molar-refractivity contribution in [2.75, 3.05) is 20.1 Å². The Morgan fingerprint density at radius 1 is 1.25 bits per heavy atom. The number of nitrogens with zero attached hydrogens (tertiary/aromatic N) is 2. The molecule has 1 amide bonds. The van der Waals surface area contributed by atoms with Gasteiger partial charge in [0.2, 0.25) is 5.91 Å². The quantitative estimate of drug-likeness (QED) is 0.735. The lowest BCUT2D eigenvalue weighted by molar-refractivity contribution is -0.136. The number of sulfonamides is 1. The molecule has 0 aromatic heterocycles. The van der Waals surface area contributed by atoms with E-state index in [0.29, 0.717) is 24.4 Å². The van der Waals surface area contributed by atoms with E-state index in [2.05, 4.69) is 9.71 Å². The molecule has 0 saturated carbocycles. The van der Waals surface area contributed by atoms with Crippen molar-refractivity contribution in [2.45, 2.75) is 24.2 Å². The van der Waals surface area contributed by atoms with Crippen LogP contribution in [0.4, 0.5) is 0 Å². The first kappa shape index (κ1) is 17.9. The van der Waals surface area contributed by atoms with E-state index in [9.17, 15) is 18.0 Å². The average Bonchev–Trinajstić information content (AvgIpc) is 2.79. The molecule has 130 valence electrons. The Balaban J connectivity index is 1.87. The first-order valence-corrected chi connectivity index (χ1v) is 8.89. The summed E-state index contributed by atoms with van der Waals surface area (Å²) in [7, 11) is -1.93. The van der Waals surface area contributed by atoms with Crippen LogP contribution in [0, 0.1) is 0 Å². The van der Waals surface area contributed by atoms with Crippen LogP contribution >= 0.6 is 0 Å². The summed E-state index contributed by atoms with van der Waals surface area (Å²) in [6, 6.07) is 6.62. The number of carbonyl (C=O) groups excluding carboxylic acids is 1. The number of aliphatic carboxylic acids is 1. The van der Waals surface area contributed by atoms with Crippen LogP contribution in [-0.2, 0) is 19.6 Å². The number of fused-ring (bicyclic) bond motifs is 1. The fraction of sp³-hybridized carbons (Fsp3) is 0.400. The molecule has 0 fully saturated rings. The third kappa shape index (κ3) is 4.31. The second-order valence-corrected chi connectivity index (χ2v) is 6.98. The molecule has 0 bridgehead atoms. The Bertz CT molecular complexity index is 773. The van der Waals surface area contributed by atoms with Crippen LogP contribution in [0.2, 0.25) is 0 Å². The summed E-state index contributed by atoms with van der Waals surface area (Å²) >= 11 is 0. The second kappa shape index (κ2) is 7.43. The largest absolute Gasteiger partial charge is 0.481 e. The molecule has 9 heteroatoms. The van der Waals surface area contributed by atoms with E-state index in [4.69, 9.17) is 5.11 Å². The van der Waals surface area contributed by atoms with Crippen LogP contribution in [0.1, 0.15) is 24.8 Å². The minimum Gasteiger partial charge on any atom is -0.481 e. The van der Waals surface area contributed by atoms with E-state index in [1.165, 1.54) is 6.07 Å². The molecule has 2 rings (SSSR count). The van der Waals surface area contributed by atoms with Crippen molar-refractivity contribution in [3.63, 3.8) is 0 Å². The van der Waals surface area contributed by atoms with Gasteiger partial charge in [0.1, 0.15) is 10.7 Å². The molecule has 0 radical (unpaired) electrons. The van der Waals surface area contributed by atoms with Crippen molar-refractivity contribution in [2.24, 2.45) is 4.40 Å². The SMILES string of the molecule is CN(CCCC(=O)NCCC(=O)O)C1=NS(=O)(=O)c2ccccc21. The first-order chi connectivity index (χ1) is 11.3. The molecule has 0 spiro atoms. The van der Waals surface area contributed by atoms with Crippen molar-refractivity contribution >= 4 is 27.7 Å². The molecular formula is C15H19N3O5S. The summed E-state index contributed by atoms with van der Waals surface area (Å²) in [4.78, 5) is 23.8. The molecule has 24 heavy (non-hydrogen) atoms. The Hall–Kier alpha value is -2.42. The lowest BCUT2D eigenvalue weighted by atomic mass is 10.2. The lowest BCUT2D eigenvalue weighted by Gasteiger charge is -2.18. The highest BCUT2D eigenvalue weighted by molar-refractivity contribution is 7.90. The highest BCUT2D eigenvalue weighted by atomic mass is 32.2. The van der Waals surface area contributed by atoms with Crippen molar-refractivity contribution < 1.29 is 23.1 Å². The monoisotopic (exact) mass is 353 g/mol. The van der Waals surface area contributed by atoms with Crippen LogP contribution < -0.4 is 5.32 Å². The van der Waals surface area contributed by atoms with Gasteiger partial charge in [0, 0.05) is 32.1 Å². The first-order valence-electron chi connectivity index (χ1n) is 7.45. The van der Waals surface area contributed by atoms with Gasteiger partial charge in [0.25, 0.3) is 10.0 Å². The van der Waals surface area contributed by atoms with Gasteiger partial charge in [0.05, 0.1) is 6.42 Å². The smallest absolute Gasteiger partial charge is 0.305 e. The number of amidine groups is 1. The molecule has 0 unspecified atom stereocenters. The van der Waals surface area contributed by atoms with Crippen molar-refractivity contribution in [1.82, 2.24) is 10.2 Å². The van der Waals surface area contributed by atoms with Gasteiger partial charge in [-0.1, -0.05) is 12.1 Å². The Kier molecular flexibility index (Phi) is 5.55. The second-order valence-electron chi connectivity index (χ2n) is 5.40. The minimum atomic E-state index is -3.65. The van der Waals surface area contributed by atoms with Gasteiger partial charge in [-0.05, 0) is 18.6 Å². The summed E-state index contributed by atoms with van der Waals surface area (Å²) in [5.41, 5.74) is 0.561. The molecule has 0 atom stereocenters. The highest BCUT2D eigenvalue weighted by Crippen LogP contribution is 2.26. The number of hydrogen-bond donors (Lipinski definition) is 2. The summed E-state index contributed by atoms with van der Waals surface area (Å²) in [5.74, 6) is -0.822. The summed E-state index contributed by atoms with van der Waals surface area (Å²) < 4.78 is 27.8. The normalized spacial score (nSPS) is 14.6. The van der Waals surface area contributed by atoms with E-state index >= 15 is 0 Å². The molecule has 1 aromatic rings. The van der Waals surface area contributed by atoms with Crippen LogP contribution in [0.25, 0.3) is 0 Å². The number of rotatable bonds is 7. The highest BCUT2D eigenvalue weighted by Gasteiger charge is 2.30. The summed E-state index contributed by atoms with van der Waals surface area (Å²) in [6.07, 6.45) is 0.610. The Labute approximate surface area is 140 Å². The molecule has 0 aliphatic carbocycles. The standard InChI is InChI=1S/C15H19N3O5S/c1-18(10-4-7-13(19)16-9-8-14(20)21)15-11-5-2-3-6-12(11)24(22,23)17-15/h2-3,5-6H,4,7-10H2,1H3,(H,16,19)(H,20,21). The number of hydrogen-bond acceptors (Lipinski definition) is 5. The number of benzene rings is 1. The van der Waals surface area contributed by atoms with Crippen LogP contribution in [-0.4, -0.2) is 56.3 Å². The molecule has 1 aliphatic rings. The molecule has 0 saturated heterocycles. The number of carbonyl (C=O) groups is 2. The molecular weight excluding hydrogens is 334 g/mol. The van der Waals surface area contributed by atoms with E-state index in [0.717, 1.165) is 0 Å². The number of carboxylic acid groups (broad SMARTS) is 1. The lowest BCUT2D eigenvalue weighted by Crippen LogP contribution is -2.30. The fourth-order valence-electron chi connectivity index (χ4n) is 2.34. The van der Waals surface area contributed by atoms with Gasteiger partial charge in [0.15, 0.2) is 0 Å². The summed E-state index contributed by atoms with van der Waals surface area (Å²) in [5, 5.41) is 11.0. The predicted octanol–water partition coefficient (Wildman–Crippen LogP) is 0.438. The minimum absolute atomic E-state index is 0.0995. The van der Waals surface area contributed by atoms with Crippen molar-refractivity contribution in [1.29, 1.82) is 0 Å². The van der Waals surface area contributed by atoms with Gasteiger partial charge >= 0.3 is 5.97 Å². The summed E-state index contributed by atoms with van der Waals surface area (Å²) in [6.45, 7) is 0.553. The van der Waals surface area contributed by atoms with Gasteiger partial charge in [-0.2, -0.15) is 8.42 Å². The average molecular weight is 353 g/mol. The molecule has 1 aromatic carbocycles. The van der Waals surface area contributed by atoms with E-state index in [1.807, 2.05) is 0 Å². The molecule has 2 N–H and O–H groups in total. The molecule has 8 nitrogen and oxygen atoms in total. The Morgan fingerprint density at radius 3 is 2.67 bits per heavy atom. The van der Waals surface area contributed by atoms with Crippen molar-refractivity contribution in [3.05, 3.63) is 29.8 Å². The van der Waals surface area contributed by atoms with Gasteiger partial charge in [-0.25, -0.2) is 0 Å². The van der Waals surface area contributed by atoms with Gasteiger partial charge in [-0.15, -0.1) is 4.40 Å². The van der Waals surface area contributed by atoms with Crippen LogP contribution in [0.5, 0.6) is 0 Å². The van der Waals surface area contributed by atoms with Crippen LogP contribution in [0.15, 0.2) is 33.6 Å². The maximum absolute atomic E-state index is 12.0. The van der Waals surface area contributed by atoms with E-state index in [-0.39, 0.29) is 30.2 Å². The Morgan fingerprint density at radius 2 is 1.96 bits per heavy atom. The van der Waals surface area contributed by atoms with Crippen LogP contribution in [0.3, 0.4) is 0 Å². The molecule has 1 heterocycles. The van der Waals surface area contributed by atoms with Gasteiger partial charge in [-0.3, -0.25) is 9.59 Å². The van der Waals surface area contributed by atoms with Gasteiger partial charge < -0.3 is 15.3 Å². The van der Waals surface area contributed by atoms with E-state index in [1.54, 1.807) is 30.1 Å². The third-order valence-corrected chi connectivity index (χ3v) is 4.86. The zero-order valence-corrected chi connectivity index (χ0v) is 14.0. The number of nitrogens with one attached hydrogen (secondary N) is 1. The molecule has 1 aliphatic heterocycles. The zero-order chi connectivity index (χ0) is 17.7. The maximum Gasteiger partial charge on any atom is 0.305 e. The van der Waals surface area contributed by atoms with E-state index < -0.39 is 16.0 Å². The maximum atomic E-state index is 12.0. The predicted molar refractivity (Wildman–Crippen MR) is 87.3 cm³/mol. The number of amides is 1. The zero-order valence-electron chi connectivity index (χ0n) is 13.2. The fourth-order valence-corrected chi connectivity index (χ4v) is 3.60. The third-order valence-electron chi connectivity index (χ3n) is 3.53. The topological polar surface area (TPSA) is 116 Å². The number of carboxylic acids is 1. The van der Waals surface area contributed by atoms with Crippen molar-refractivity contribution in [3.8, 4) is 0 Å².